The van der Waals surface area contributed by atoms with Crippen molar-refractivity contribution in [2.24, 2.45) is 87.3 Å². The van der Waals surface area contributed by atoms with Crippen molar-refractivity contribution in [2.45, 2.75) is 152 Å². The molecule has 0 heterocycles. The summed E-state index contributed by atoms with van der Waals surface area (Å²) in [6.45, 7) is 24.5. The quantitative estimate of drug-likeness (QED) is 0.354. The van der Waals surface area contributed by atoms with Crippen LogP contribution in [-0.2, 0) is 0 Å². The van der Waals surface area contributed by atoms with Gasteiger partial charge in [-0.15, -0.1) is 0 Å². The average molecular weight is 557 g/mol. The molecule has 2 heteroatoms. The van der Waals surface area contributed by atoms with Crippen molar-refractivity contribution >= 4 is 0 Å². The number of fused-ring (bicyclic) bond motifs is 3. The molecule has 2 nitrogen and oxygen atoms in total. The van der Waals surface area contributed by atoms with E-state index in [0.717, 1.165) is 53.8 Å². The van der Waals surface area contributed by atoms with Crippen LogP contribution in [0.4, 0.5) is 0 Å². The average Bonchev–Trinajstić information content (AvgIpc) is 2.85. The number of hydrogen-bond donors (Lipinski definition) is 2. The van der Waals surface area contributed by atoms with Crippen molar-refractivity contribution in [1.82, 2.24) is 0 Å². The maximum absolute atomic E-state index is 12.1. The molecule has 0 bridgehead atoms. The highest BCUT2D eigenvalue weighted by Crippen LogP contribution is 2.74. The molecule has 0 spiro atoms. The Morgan fingerprint density at radius 1 is 0.850 bits per heavy atom. The lowest BCUT2D eigenvalue weighted by molar-refractivity contribution is -0.269. The van der Waals surface area contributed by atoms with Gasteiger partial charge in [0.15, 0.2) is 0 Å². The van der Waals surface area contributed by atoms with Gasteiger partial charge >= 0.3 is 0 Å². The van der Waals surface area contributed by atoms with Gasteiger partial charge in [0.1, 0.15) is 0 Å². The fraction of sp³-hybridized carbons (Fsp3) is 1.00. The molecule has 5 aliphatic carbocycles. The van der Waals surface area contributed by atoms with Crippen LogP contribution in [0.1, 0.15) is 140 Å². The number of rotatable bonds is 5. The molecule has 16 unspecified atom stereocenters. The summed E-state index contributed by atoms with van der Waals surface area (Å²) >= 11 is 0. The number of aliphatic hydroxyl groups is 2. The van der Waals surface area contributed by atoms with Gasteiger partial charge in [0.05, 0.1) is 12.2 Å². The molecular formula is C38H68O2. The SMILES string of the molecule is CC(C)C1CCCC(CCC2CCC(C)C3C(C)C4C(C)C5(C)C(O)C(C(C)O)C(C)CC5(C)CC4(C)CC23)C1. The van der Waals surface area contributed by atoms with Crippen molar-refractivity contribution in [3.05, 3.63) is 0 Å². The second kappa shape index (κ2) is 11.1. The van der Waals surface area contributed by atoms with E-state index in [1.54, 1.807) is 0 Å². The molecule has 40 heavy (non-hydrogen) atoms. The molecule has 5 aliphatic rings. The first-order chi connectivity index (χ1) is 18.6. The fourth-order valence-corrected chi connectivity index (χ4v) is 13.9. The molecule has 0 aromatic heterocycles. The van der Waals surface area contributed by atoms with Gasteiger partial charge < -0.3 is 10.2 Å². The summed E-state index contributed by atoms with van der Waals surface area (Å²) in [6.07, 6.45) is 14.7. The van der Waals surface area contributed by atoms with Crippen molar-refractivity contribution < 1.29 is 10.2 Å². The van der Waals surface area contributed by atoms with Gasteiger partial charge in [-0.2, -0.15) is 0 Å². The minimum Gasteiger partial charge on any atom is -0.393 e. The van der Waals surface area contributed by atoms with Gasteiger partial charge in [-0.05, 0) is 121 Å². The molecule has 5 saturated carbocycles. The first-order valence-electron chi connectivity index (χ1n) is 18.0. The molecule has 0 aromatic carbocycles. The van der Waals surface area contributed by atoms with Crippen LogP contribution < -0.4 is 0 Å². The van der Waals surface area contributed by atoms with Crippen LogP contribution in [-0.4, -0.2) is 22.4 Å². The molecule has 0 radical (unpaired) electrons. The minimum absolute atomic E-state index is 0.00964. The van der Waals surface area contributed by atoms with E-state index in [9.17, 15) is 10.2 Å². The van der Waals surface area contributed by atoms with E-state index in [4.69, 9.17) is 0 Å². The van der Waals surface area contributed by atoms with Crippen molar-refractivity contribution in [3.63, 3.8) is 0 Å². The topological polar surface area (TPSA) is 40.5 Å². The first-order valence-corrected chi connectivity index (χ1v) is 18.0. The highest BCUT2D eigenvalue weighted by atomic mass is 16.3. The van der Waals surface area contributed by atoms with Crippen molar-refractivity contribution in [1.29, 1.82) is 0 Å². The molecule has 232 valence electrons. The third kappa shape index (κ3) is 4.88. The number of hydrogen-bond acceptors (Lipinski definition) is 2. The first kappa shape index (κ1) is 31.3. The van der Waals surface area contributed by atoms with Crippen LogP contribution in [0.5, 0.6) is 0 Å². The third-order valence-electron chi connectivity index (χ3n) is 15.7. The van der Waals surface area contributed by atoms with Crippen LogP contribution in [0.15, 0.2) is 0 Å². The van der Waals surface area contributed by atoms with Crippen molar-refractivity contribution in [2.75, 3.05) is 0 Å². The summed E-state index contributed by atoms with van der Waals surface area (Å²) in [4.78, 5) is 0. The summed E-state index contributed by atoms with van der Waals surface area (Å²) in [7, 11) is 0. The lowest BCUT2D eigenvalue weighted by atomic mass is 9.33. The van der Waals surface area contributed by atoms with Gasteiger partial charge in [-0.3, -0.25) is 0 Å². The third-order valence-corrected chi connectivity index (χ3v) is 15.7. The van der Waals surface area contributed by atoms with Crippen molar-refractivity contribution in [3.8, 4) is 0 Å². The smallest absolute Gasteiger partial charge is 0.0656 e. The summed E-state index contributed by atoms with van der Waals surface area (Å²) in [6, 6.07) is 0. The van der Waals surface area contributed by atoms with Crippen LogP contribution >= 0.6 is 0 Å². The van der Waals surface area contributed by atoms with E-state index in [-0.39, 0.29) is 16.7 Å². The number of aliphatic hydroxyl groups excluding tert-OH is 2. The van der Waals surface area contributed by atoms with E-state index < -0.39 is 12.2 Å². The molecule has 0 amide bonds. The summed E-state index contributed by atoms with van der Waals surface area (Å²) in [5, 5.41) is 22.8. The molecule has 16 atom stereocenters. The Hall–Kier alpha value is -0.0800. The summed E-state index contributed by atoms with van der Waals surface area (Å²) < 4.78 is 0. The standard InChI is InChI=1S/C38H68O2/c1-22(2)30-13-11-12-28(18-30)15-17-29-16-14-23(3)32-25(5)34-26(6)38(10)35(40)33(27(7)39)24(4)19-37(38,9)21-36(34,8)20-31(29)32/h22-35,39-40H,11-21H2,1-10H3. The highest BCUT2D eigenvalue weighted by Gasteiger charge is 2.69. The van der Waals surface area contributed by atoms with Gasteiger partial charge in [-0.25, -0.2) is 0 Å². The zero-order chi connectivity index (χ0) is 29.4. The lowest BCUT2D eigenvalue weighted by Crippen LogP contribution is -2.69. The Balaban J connectivity index is 1.40. The maximum atomic E-state index is 12.1. The Labute approximate surface area is 249 Å². The highest BCUT2D eigenvalue weighted by molar-refractivity contribution is 5.18. The summed E-state index contributed by atoms with van der Waals surface area (Å²) in [5.74, 6) is 8.49. The van der Waals surface area contributed by atoms with Gasteiger partial charge in [0.25, 0.3) is 0 Å². The monoisotopic (exact) mass is 557 g/mol. The van der Waals surface area contributed by atoms with Gasteiger partial charge in [0.2, 0.25) is 0 Å². The predicted octanol–water partition coefficient (Wildman–Crippen LogP) is 9.62. The van der Waals surface area contributed by atoms with Gasteiger partial charge in [-0.1, -0.05) is 94.4 Å². The molecule has 0 aliphatic heterocycles. The van der Waals surface area contributed by atoms with Gasteiger partial charge in [0, 0.05) is 11.3 Å². The van der Waals surface area contributed by atoms with Crippen LogP contribution in [0.25, 0.3) is 0 Å². The predicted molar refractivity (Wildman–Crippen MR) is 169 cm³/mol. The normalized spacial score (nSPS) is 55.7. The second-order valence-corrected chi connectivity index (χ2v) is 18.2. The van der Waals surface area contributed by atoms with E-state index >= 15 is 0 Å². The lowest BCUT2D eigenvalue weighted by Gasteiger charge is -2.72. The zero-order valence-electron chi connectivity index (χ0n) is 28.3. The second-order valence-electron chi connectivity index (χ2n) is 18.2. The Morgan fingerprint density at radius 2 is 1.55 bits per heavy atom. The van der Waals surface area contributed by atoms with E-state index in [0.29, 0.717) is 23.2 Å². The Kier molecular flexibility index (Phi) is 8.72. The Morgan fingerprint density at radius 3 is 2.20 bits per heavy atom. The molecule has 5 fully saturated rings. The zero-order valence-corrected chi connectivity index (χ0v) is 28.3. The molecular weight excluding hydrogens is 488 g/mol. The largest absolute Gasteiger partial charge is 0.393 e. The van der Waals surface area contributed by atoms with E-state index in [1.807, 2.05) is 6.92 Å². The fourth-order valence-electron chi connectivity index (χ4n) is 13.9. The van der Waals surface area contributed by atoms with E-state index in [1.165, 1.54) is 64.2 Å². The summed E-state index contributed by atoms with van der Waals surface area (Å²) in [5.41, 5.74) is 0.337. The molecule has 0 saturated heterocycles. The minimum atomic E-state index is -0.445. The maximum Gasteiger partial charge on any atom is 0.0656 e. The van der Waals surface area contributed by atoms with E-state index in [2.05, 4.69) is 62.3 Å². The molecule has 5 rings (SSSR count). The molecule has 0 aromatic rings. The Bertz CT molecular complexity index is 881. The van der Waals surface area contributed by atoms with Crippen LogP contribution in [0.2, 0.25) is 0 Å². The van der Waals surface area contributed by atoms with Crippen LogP contribution in [0.3, 0.4) is 0 Å². The molecule has 2 N–H and O–H groups in total. The van der Waals surface area contributed by atoms with Crippen LogP contribution in [0, 0.1) is 87.3 Å².